The lowest BCUT2D eigenvalue weighted by Gasteiger charge is -2.06. The lowest BCUT2D eigenvalue weighted by Crippen LogP contribution is -2.10. The average Bonchev–Trinajstić information content (AvgIpc) is 2.82. The Bertz CT molecular complexity index is 545. The van der Waals surface area contributed by atoms with Gasteiger partial charge < -0.3 is 10.1 Å². The number of ether oxygens (including phenoxy) is 1. The lowest BCUT2D eigenvalue weighted by atomic mass is 10.5. The molecule has 0 spiro atoms. The quantitative estimate of drug-likeness (QED) is 0.922. The van der Waals surface area contributed by atoms with Crippen molar-refractivity contribution in [3.8, 4) is 6.01 Å². The molecule has 18 heavy (non-hydrogen) atoms. The number of carbonyl (C=O) groups is 1. The van der Waals surface area contributed by atoms with E-state index in [9.17, 15) is 9.18 Å². The Balaban J connectivity index is 2.06. The van der Waals surface area contributed by atoms with Crippen molar-refractivity contribution in [1.82, 2.24) is 9.97 Å². The fraction of sp³-hybridized carbons (Fsp3) is 0.182. The molecule has 0 unspecified atom stereocenters. The van der Waals surface area contributed by atoms with E-state index in [0.29, 0.717) is 6.61 Å². The van der Waals surface area contributed by atoms with Crippen LogP contribution in [0.2, 0.25) is 0 Å². The number of thiophene rings is 1. The van der Waals surface area contributed by atoms with Crippen molar-refractivity contribution < 1.29 is 13.9 Å². The number of rotatable bonds is 4. The highest BCUT2D eigenvalue weighted by atomic mass is 32.1. The molecule has 0 aliphatic heterocycles. The minimum Gasteiger partial charge on any atom is -0.458 e. The molecule has 0 radical (unpaired) electrons. The highest BCUT2D eigenvalue weighted by Crippen LogP contribution is 2.15. The van der Waals surface area contributed by atoms with Gasteiger partial charge in [0.2, 0.25) is 5.91 Å². The molecule has 0 bridgehead atoms. The van der Waals surface area contributed by atoms with Gasteiger partial charge in [0.15, 0.2) is 11.6 Å². The van der Waals surface area contributed by atoms with E-state index in [1.54, 1.807) is 0 Å². The van der Waals surface area contributed by atoms with Gasteiger partial charge in [-0.05, 0) is 11.4 Å². The topological polar surface area (TPSA) is 64.1 Å². The molecule has 0 aliphatic rings. The monoisotopic (exact) mass is 267 g/mol. The SMILES string of the molecule is CC(=O)Nc1nc(OCc2cccs2)ncc1F. The second-order valence-corrected chi connectivity index (χ2v) is 4.43. The van der Waals surface area contributed by atoms with Crippen LogP contribution < -0.4 is 10.1 Å². The second kappa shape index (κ2) is 5.54. The van der Waals surface area contributed by atoms with Gasteiger partial charge in [-0.25, -0.2) is 9.37 Å². The molecule has 2 aromatic heterocycles. The fourth-order valence-corrected chi connectivity index (χ4v) is 1.82. The van der Waals surface area contributed by atoms with Crippen LogP contribution in [-0.2, 0) is 11.4 Å². The molecular formula is C11H10FN3O2S. The maximum Gasteiger partial charge on any atom is 0.318 e. The fourth-order valence-electron chi connectivity index (χ4n) is 1.21. The van der Waals surface area contributed by atoms with Gasteiger partial charge in [0, 0.05) is 11.8 Å². The molecule has 0 saturated heterocycles. The van der Waals surface area contributed by atoms with E-state index in [1.165, 1.54) is 18.3 Å². The van der Waals surface area contributed by atoms with E-state index < -0.39 is 11.7 Å². The largest absolute Gasteiger partial charge is 0.458 e. The smallest absolute Gasteiger partial charge is 0.318 e. The van der Waals surface area contributed by atoms with Crippen molar-refractivity contribution in [3.63, 3.8) is 0 Å². The van der Waals surface area contributed by atoms with Crippen LogP contribution in [0, 0.1) is 5.82 Å². The summed E-state index contributed by atoms with van der Waals surface area (Å²) in [7, 11) is 0. The number of nitrogens with zero attached hydrogens (tertiary/aromatic N) is 2. The molecule has 94 valence electrons. The van der Waals surface area contributed by atoms with Crippen LogP contribution in [0.5, 0.6) is 6.01 Å². The van der Waals surface area contributed by atoms with Gasteiger partial charge in [0.1, 0.15) is 6.61 Å². The first kappa shape index (κ1) is 12.4. The Morgan fingerprint density at radius 3 is 3.11 bits per heavy atom. The van der Waals surface area contributed by atoms with Gasteiger partial charge in [-0.2, -0.15) is 4.98 Å². The van der Waals surface area contributed by atoms with Crippen molar-refractivity contribution >= 4 is 23.1 Å². The normalized spacial score (nSPS) is 10.1. The van der Waals surface area contributed by atoms with Crippen molar-refractivity contribution in [2.24, 2.45) is 0 Å². The number of halogens is 1. The summed E-state index contributed by atoms with van der Waals surface area (Å²) >= 11 is 1.54. The predicted octanol–water partition coefficient (Wildman–Crippen LogP) is 2.21. The third-order valence-corrected chi connectivity index (χ3v) is 2.79. The first-order chi connectivity index (χ1) is 8.65. The van der Waals surface area contributed by atoms with Crippen LogP contribution >= 0.6 is 11.3 Å². The Morgan fingerprint density at radius 2 is 2.44 bits per heavy atom. The number of hydrogen-bond donors (Lipinski definition) is 1. The van der Waals surface area contributed by atoms with Crippen molar-refractivity contribution in [3.05, 3.63) is 34.4 Å². The van der Waals surface area contributed by atoms with E-state index >= 15 is 0 Å². The summed E-state index contributed by atoms with van der Waals surface area (Å²) in [5.41, 5.74) is 0. The van der Waals surface area contributed by atoms with E-state index in [0.717, 1.165) is 11.1 Å². The highest BCUT2D eigenvalue weighted by molar-refractivity contribution is 7.09. The zero-order chi connectivity index (χ0) is 13.0. The van der Waals surface area contributed by atoms with Crippen molar-refractivity contribution in [2.75, 3.05) is 5.32 Å². The Labute approximate surface area is 107 Å². The molecule has 0 atom stereocenters. The summed E-state index contributed by atoms with van der Waals surface area (Å²) in [6.45, 7) is 1.58. The van der Waals surface area contributed by atoms with Crippen molar-refractivity contribution in [1.29, 1.82) is 0 Å². The minimum absolute atomic E-state index is 0.0218. The van der Waals surface area contributed by atoms with Crippen LogP contribution in [0.15, 0.2) is 23.7 Å². The molecule has 2 aromatic rings. The summed E-state index contributed by atoms with van der Waals surface area (Å²) < 4.78 is 18.5. The number of aromatic nitrogens is 2. The maximum atomic E-state index is 13.3. The molecular weight excluding hydrogens is 257 g/mol. The highest BCUT2D eigenvalue weighted by Gasteiger charge is 2.09. The molecule has 1 amide bonds. The molecule has 0 fully saturated rings. The van der Waals surface area contributed by atoms with Crippen LogP contribution in [0.25, 0.3) is 0 Å². The summed E-state index contributed by atoms with van der Waals surface area (Å²) in [6, 6.07) is 3.83. The molecule has 0 saturated carbocycles. The van der Waals surface area contributed by atoms with Crippen LogP contribution in [0.1, 0.15) is 11.8 Å². The third kappa shape index (κ3) is 3.24. The molecule has 0 aliphatic carbocycles. The van der Waals surface area contributed by atoms with Crippen LogP contribution in [0.4, 0.5) is 10.2 Å². The zero-order valence-electron chi connectivity index (χ0n) is 9.51. The van der Waals surface area contributed by atoms with Gasteiger partial charge in [0.05, 0.1) is 6.20 Å². The Hall–Kier alpha value is -2.02. The maximum absolute atomic E-state index is 13.3. The van der Waals surface area contributed by atoms with Crippen LogP contribution in [0.3, 0.4) is 0 Å². The summed E-state index contributed by atoms with van der Waals surface area (Å²) in [6.07, 6.45) is 0.960. The van der Waals surface area contributed by atoms with Gasteiger partial charge in [0.25, 0.3) is 0 Å². The second-order valence-electron chi connectivity index (χ2n) is 3.40. The Kier molecular flexibility index (Phi) is 3.83. The van der Waals surface area contributed by atoms with E-state index in [-0.39, 0.29) is 11.8 Å². The Morgan fingerprint density at radius 1 is 1.61 bits per heavy atom. The number of hydrogen-bond acceptors (Lipinski definition) is 5. The molecule has 0 aromatic carbocycles. The number of amides is 1. The third-order valence-electron chi connectivity index (χ3n) is 1.94. The van der Waals surface area contributed by atoms with E-state index in [1.807, 2.05) is 17.5 Å². The van der Waals surface area contributed by atoms with Crippen molar-refractivity contribution in [2.45, 2.75) is 13.5 Å². The molecule has 7 heteroatoms. The van der Waals surface area contributed by atoms with Gasteiger partial charge >= 0.3 is 6.01 Å². The first-order valence-electron chi connectivity index (χ1n) is 5.10. The number of anilines is 1. The van der Waals surface area contributed by atoms with E-state index in [2.05, 4.69) is 15.3 Å². The summed E-state index contributed by atoms with van der Waals surface area (Å²) in [4.78, 5) is 19.3. The number of carbonyl (C=O) groups excluding carboxylic acids is 1. The first-order valence-corrected chi connectivity index (χ1v) is 5.98. The predicted molar refractivity (Wildman–Crippen MR) is 64.9 cm³/mol. The van der Waals surface area contributed by atoms with E-state index in [4.69, 9.17) is 4.74 Å². The molecule has 1 N–H and O–H groups in total. The molecule has 5 nitrogen and oxygen atoms in total. The summed E-state index contributed by atoms with van der Waals surface area (Å²) in [5, 5.41) is 4.19. The molecule has 2 rings (SSSR count). The minimum atomic E-state index is -0.700. The average molecular weight is 267 g/mol. The van der Waals surface area contributed by atoms with Gasteiger partial charge in [-0.1, -0.05) is 6.07 Å². The van der Waals surface area contributed by atoms with Gasteiger partial charge in [-0.3, -0.25) is 4.79 Å². The molecule has 2 heterocycles. The van der Waals surface area contributed by atoms with Crippen LogP contribution in [-0.4, -0.2) is 15.9 Å². The summed E-state index contributed by atoms with van der Waals surface area (Å²) in [5.74, 6) is -1.29. The standard InChI is InChI=1S/C11H10FN3O2S/c1-7(16)14-10-9(12)5-13-11(15-10)17-6-8-3-2-4-18-8/h2-5H,6H2,1H3,(H,13,14,15,16). The zero-order valence-corrected chi connectivity index (χ0v) is 10.3. The van der Waals surface area contributed by atoms with Gasteiger partial charge in [-0.15, -0.1) is 11.3 Å². The number of nitrogens with one attached hydrogen (secondary N) is 1. The lowest BCUT2D eigenvalue weighted by molar-refractivity contribution is -0.114.